The average molecular weight is 207 g/mol. The molecular formula is C12H17NO2. The highest BCUT2D eigenvalue weighted by Crippen LogP contribution is 2.21. The van der Waals surface area contributed by atoms with Crippen LogP contribution in [0, 0.1) is 20.8 Å². The highest BCUT2D eigenvalue weighted by Gasteiger charge is 2.09. The van der Waals surface area contributed by atoms with E-state index in [0.29, 0.717) is 6.61 Å². The molecule has 0 aliphatic rings. The molecule has 0 heterocycles. The summed E-state index contributed by atoms with van der Waals surface area (Å²) in [6.45, 7) is 6.68. The summed E-state index contributed by atoms with van der Waals surface area (Å²) in [6, 6.07) is 2.08. The van der Waals surface area contributed by atoms with Gasteiger partial charge in [-0.15, -0.1) is 0 Å². The van der Waals surface area contributed by atoms with Crippen LogP contribution in [0.3, 0.4) is 0 Å². The standard InChI is InChI=1S/C12H17NO2/c1-8-5-9(2)12(7-15-4)10(3)11(8)6-13-14/h5-6,14H,7H2,1-4H3/b13-6+. The van der Waals surface area contributed by atoms with Crippen LogP contribution in [0.2, 0.25) is 0 Å². The molecule has 1 aromatic rings. The Balaban J connectivity index is 3.34. The lowest BCUT2D eigenvalue weighted by atomic mass is 9.94. The second kappa shape index (κ2) is 4.94. The van der Waals surface area contributed by atoms with Gasteiger partial charge in [-0.1, -0.05) is 11.2 Å². The van der Waals surface area contributed by atoms with E-state index in [2.05, 4.69) is 18.1 Å². The molecule has 1 N–H and O–H groups in total. The summed E-state index contributed by atoms with van der Waals surface area (Å²) in [7, 11) is 1.68. The summed E-state index contributed by atoms with van der Waals surface area (Å²) in [6.07, 6.45) is 1.48. The molecule has 0 unspecified atom stereocenters. The summed E-state index contributed by atoms with van der Waals surface area (Å²) in [4.78, 5) is 0. The van der Waals surface area contributed by atoms with Crippen LogP contribution < -0.4 is 0 Å². The van der Waals surface area contributed by atoms with Crippen LogP contribution in [0.25, 0.3) is 0 Å². The van der Waals surface area contributed by atoms with Crippen molar-refractivity contribution in [1.29, 1.82) is 0 Å². The average Bonchev–Trinajstić information content (AvgIpc) is 2.19. The predicted molar refractivity (Wildman–Crippen MR) is 60.7 cm³/mol. The summed E-state index contributed by atoms with van der Waals surface area (Å²) in [5.41, 5.74) is 5.57. The van der Waals surface area contributed by atoms with Gasteiger partial charge in [-0.25, -0.2) is 0 Å². The van der Waals surface area contributed by atoms with Gasteiger partial charge in [0.1, 0.15) is 0 Å². The third-order valence-electron chi connectivity index (χ3n) is 2.67. The Hall–Kier alpha value is -1.35. The zero-order chi connectivity index (χ0) is 11.4. The van der Waals surface area contributed by atoms with E-state index >= 15 is 0 Å². The van der Waals surface area contributed by atoms with Crippen molar-refractivity contribution < 1.29 is 9.94 Å². The minimum Gasteiger partial charge on any atom is -0.411 e. The monoisotopic (exact) mass is 207 g/mol. The van der Waals surface area contributed by atoms with Crippen LogP contribution in [0.4, 0.5) is 0 Å². The van der Waals surface area contributed by atoms with E-state index in [4.69, 9.17) is 9.94 Å². The van der Waals surface area contributed by atoms with Crippen molar-refractivity contribution in [3.05, 3.63) is 33.9 Å². The normalized spacial score (nSPS) is 11.2. The van der Waals surface area contributed by atoms with E-state index in [0.717, 1.165) is 22.3 Å². The Morgan fingerprint density at radius 2 is 2.00 bits per heavy atom. The second-order valence-corrected chi connectivity index (χ2v) is 3.71. The fraction of sp³-hybridized carbons (Fsp3) is 0.417. The third kappa shape index (κ3) is 2.36. The Labute approximate surface area is 90.4 Å². The number of hydrogen-bond donors (Lipinski definition) is 1. The van der Waals surface area contributed by atoms with Crippen molar-refractivity contribution >= 4 is 6.21 Å². The molecule has 0 aromatic heterocycles. The minimum absolute atomic E-state index is 0.588. The Morgan fingerprint density at radius 1 is 1.33 bits per heavy atom. The van der Waals surface area contributed by atoms with Gasteiger partial charge >= 0.3 is 0 Å². The van der Waals surface area contributed by atoms with E-state index in [1.54, 1.807) is 7.11 Å². The zero-order valence-electron chi connectivity index (χ0n) is 9.66. The smallest absolute Gasteiger partial charge is 0.0739 e. The van der Waals surface area contributed by atoms with E-state index in [1.165, 1.54) is 11.8 Å². The number of aryl methyl sites for hydroxylation is 2. The predicted octanol–water partition coefficient (Wildman–Crippen LogP) is 2.57. The molecule has 0 fully saturated rings. The first-order chi connectivity index (χ1) is 7.11. The molecule has 3 nitrogen and oxygen atoms in total. The highest BCUT2D eigenvalue weighted by molar-refractivity contribution is 5.84. The van der Waals surface area contributed by atoms with Gasteiger partial charge in [-0.05, 0) is 43.0 Å². The van der Waals surface area contributed by atoms with Gasteiger partial charge in [-0.3, -0.25) is 0 Å². The van der Waals surface area contributed by atoms with Crippen LogP contribution >= 0.6 is 0 Å². The number of hydrogen-bond acceptors (Lipinski definition) is 3. The molecule has 0 spiro atoms. The molecule has 15 heavy (non-hydrogen) atoms. The molecule has 82 valence electrons. The van der Waals surface area contributed by atoms with Gasteiger partial charge in [0.2, 0.25) is 0 Å². The van der Waals surface area contributed by atoms with Crippen molar-refractivity contribution in [2.24, 2.45) is 5.16 Å². The van der Waals surface area contributed by atoms with Crippen molar-refractivity contribution in [3.63, 3.8) is 0 Å². The first-order valence-electron chi connectivity index (χ1n) is 4.87. The van der Waals surface area contributed by atoms with Crippen molar-refractivity contribution in [2.75, 3.05) is 7.11 Å². The third-order valence-corrected chi connectivity index (χ3v) is 2.67. The van der Waals surface area contributed by atoms with Gasteiger partial charge < -0.3 is 9.94 Å². The van der Waals surface area contributed by atoms with Gasteiger partial charge in [0.05, 0.1) is 12.8 Å². The van der Waals surface area contributed by atoms with E-state index < -0.39 is 0 Å². The minimum atomic E-state index is 0.588. The Bertz CT molecular complexity index is 384. The molecule has 0 aliphatic heterocycles. The number of benzene rings is 1. The Morgan fingerprint density at radius 3 is 2.53 bits per heavy atom. The maximum atomic E-state index is 8.60. The first kappa shape index (κ1) is 11.7. The number of methoxy groups -OCH3 is 1. The largest absolute Gasteiger partial charge is 0.411 e. The fourth-order valence-corrected chi connectivity index (χ4v) is 1.87. The zero-order valence-corrected chi connectivity index (χ0v) is 9.66. The topological polar surface area (TPSA) is 41.8 Å². The summed E-state index contributed by atoms with van der Waals surface area (Å²) < 4.78 is 5.16. The Kier molecular flexibility index (Phi) is 3.86. The molecule has 0 atom stereocenters. The quantitative estimate of drug-likeness (QED) is 0.470. The molecule has 0 saturated heterocycles. The van der Waals surface area contributed by atoms with E-state index in [9.17, 15) is 0 Å². The van der Waals surface area contributed by atoms with Crippen LogP contribution in [-0.4, -0.2) is 18.5 Å². The highest BCUT2D eigenvalue weighted by atomic mass is 16.5. The van der Waals surface area contributed by atoms with Gasteiger partial charge in [0.25, 0.3) is 0 Å². The lowest BCUT2D eigenvalue weighted by Crippen LogP contribution is -2.02. The van der Waals surface area contributed by atoms with Crippen LogP contribution in [0.15, 0.2) is 11.2 Å². The molecule has 0 radical (unpaired) electrons. The molecule has 1 rings (SSSR count). The maximum absolute atomic E-state index is 8.60. The lowest BCUT2D eigenvalue weighted by molar-refractivity contribution is 0.184. The molecule has 3 heteroatoms. The summed E-state index contributed by atoms with van der Waals surface area (Å²) >= 11 is 0. The molecule has 0 bridgehead atoms. The van der Waals surface area contributed by atoms with Crippen LogP contribution in [0.5, 0.6) is 0 Å². The summed E-state index contributed by atoms with van der Waals surface area (Å²) in [5, 5.41) is 11.7. The second-order valence-electron chi connectivity index (χ2n) is 3.71. The van der Waals surface area contributed by atoms with Crippen LogP contribution in [-0.2, 0) is 11.3 Å². The first-order valence-corrected chi connectivity index (χ1v) is 4.87. The van der Waals surface area contributed by atoms with Gasteiger partial charge in [0, 0.05) is 12.7 Å². The lowest BCUT2D eigenvalue weighted by Gasteiger charge is -2.13. The fourth-order valence-electron chi connectivity index (χ4n) is 1.87. The number of oxime groups is 1. The number of rotatable bonds is 3. The van der Waals surface area contributed by atoms with Crippen molar-refractivity contribution in [3.8, 4) is 0 Å². The molecule has 1 aromatic carbocycles. The molecule has 0 aliphatic carbocycles. The van der Waals surface area contributed by atoms with Crippen molar-refractivity contribution in [2.45, 2.75) is 27.4 Å². The van der Waals surface area contributed by atoms with E-state index in [-0.39, 0.29) is 0 Å². The van der Waals surface area contributed by atoms with Crippen molar-refractivity contribution in [1.82, 2.24) is 0 Å². The van der Waals surface area contributed by atoms with Gasteiger partial charge in [0.15, 0.2) is 0 Å². The molecule has 0 saturated carbocycles. The van der Waals surface area contributed by atoms with E-state index in [1.807, 2.05) is 13.8 Å². The molecular weight excluding hydrogens is 190 g/mol. The van der Waals surface area contributed by atoms with Crippen LogP contribution in [0.1, 0.15) is 27.8 Å². The molecule has 0 amide bonds. The number of nitrogens with zero attached hydrogens (tertiary/aromatic N) is 1. The SMILES string of the molecule is COCc1c(C)cc(C)c(/C=N/O)c1C. The maximum Gasteiger partial charge on any atom is 0.0739 e. The van der Waals surface area contributed by atoms with Gasteiger partial charge in [-0.2, -0.15) is 0 Å². The number of ether oxygens (including phenoxy) is 1. The summed E-state index contributed by atoms with van der Waals surface area (Å²) in [5.74, 6) is 0.